The maximum Gasteiger partial charge on any atom is 0.0182 e. The van der Waals surface area contributed by atoms with E-state index in [0.29, 0.717) is 5.54 Å². The molecule has 0 aromatic heterocycles. The van der Waals surface area contributed by atoms with E-state index in [9.17, 15) is 0 Å². The molecule has 1 N–H and O–H groups in total. The minimum Gasteiger partial charge on any atom is -0.307 e. The van der Waals surface area contributed by atoms with Gasteiger partial charge < -0.3 is 10.2 Å². The van der Waals surface area contributed by atoms with E-state index in [1.165, 1.54) is 25.9 Å². The fourth-order valence-electron chi connectivity index (χ4n) is 2.14. The van der Waals surface area contributed by atoms with Crippen LogP contribution in [-0.2, 0) is 0 Å². The standard InChI is InChI=1S/C11H24N2/c1-10(2,3)12-11(4)6-8-13(5)9-7-11/h12H,6-9H2,1-5H3. The van der Waals surface area contributed by atoms with Gasteiger partial charge >= 0.3 is 0 Å². The molecule has 13 heavy (non-hydrogen) atoms. The Bertz CT molecular complexity index is 161. The van der Waals surface area contributed by atoms with Gasteiger partial charge in [0.25, 0.3) is 0 Å². The number of hydrogen-bond donors (Lipinski definition) is 1. The summed E-state index contributed by atoms with van der Waals surface area (Å²) in [4.78, 5) is 2.41. The highest BCUT2D eigenvalue weighted by Gasteiger charge is 2.31. The fourth-order valence-corrected chi connectivity index (χ4v) is 2.14. The van der Waals surface area contributed by atoms with Crippen molar-refractivity contribution in [3.8, 4) is 0 Å². The van der Waals surface area contributed by atoms with Crippen LogP contribution in [0.25, 0.3) is 0 Å². The molecule has 0 radical (unpaired) electrons. The van der Waals surface area contributed by atoms with Crippen molar-refractivity contribution in [3.63, 3.8) is 0 Å². The third-order valence-electron chi connectivity index (χ3n) is 2.77. The van der Waals surface area contributed by atoms with Crippen molar-refractivity contribution in [1.82, 2.24) is 10.2 Å². The first-order valence-corrected chi connectivity index (χ1v) is 5.29. The summed E-state index contributed by atoms with van der Waals surface area (Å²) in [5.74, 6) is 0. The first-order valence-electron chi connectivity index (χ1n) is 5.29. The summed E-state index contributed by atoms with van der Waals surface area (Å²) in [6.45, 7) is 11.5. The molecule has 0 unspecified atom stereocenters. The van der Waals surface area contributed by atoms with Crippen molar-refractivity contribution in [2.45, 2.75) is 51.6 Å². The second-order valence-electron chi connectivity index (χ2n) is 5.74. The zero-order valence-corrected chi connectivity index (χ0v) is 9.78. The average Bonchev–Trinajstić information content (AvgIpc) is 1.92. The van der Waals surface area contributed by atoms with Crippen LogP contribution in [0.5, 0.6) is 0 Å². The Morgan fingerprint density at radius 3 is 2.00 bits per heavy atom. The van der Waals surface area contributed by atoms with Crippen LogP contribution in [-0.4, -0.2) is 36.1 Å². The van der Waals surface area contributed by atoms with Gasteiger partial charge in [-0.2, -0.15) is 0 Å². The van der Waals surface area contributed by atoms with E-state index in [4.69, 9.17) is 0 Å². The predicted octanol–water partition coefficient (Wildman–Crippen LogP) is 1.86. The molecule has 0 bridgehead atoms. The van der Waals surface area contributed by atoms with E-state index in [1.807, 2.05) is 0 Å². The molecule has 0 atom stereocenters. The summed E-state index contributed by atoms with van der Waals surface area (Å²) in [5, 5.41) is 3.73. The van der Waals surface area contributed by atoms with Crippen LogP contribution >= 0.6 is 0 Å². The molecular formula is C11H24N2. The van der Waals surface area contributed by atoms with Crippen LogP contribution in [0, 0.1) is 0 Å². The van der Waals surface area contributed by atoms with Gasteiger partial charge in [0.05, 0.1) is 0 Å². The molecule has 1 rings (SSSR count). The maximum atomic E-state index is 3.73. The summed E-state index contributed by atoms with van der Waals surface area (Å²) in [6.07, 6.45) is 2.53. The summed E-state index contributed by atoms with van der Waals surface area (Å²) in [7, 11) is 2.21. The molecular weight excluding hydrogens is 160 g/mol. The highest BCUT2D eigenvalue weighted by atomic mass is 15.1. The van der Waals surface area contributed by atoms with Gasteiger partial charge in [0, 0.05) is 11.1 Å². The van der Waals surface area contributed by atoms with E-state index in [-0.39, 0.29) is 5.54 Å². The Morgan fingerprint density at radius 1 is 1.15 bits per heavy atom. The van der Waals surface area contributed by atoms with Crippen molar-refractivity contribution in [2.24, 2.45) is 0 Å². The molecule has 0 amide bonds. The van der Waals surface area contributed by atoms with Crippen LogP contribution < -0.4 is 5.32 Å². The number of nitrogens with zero attached hydrogens (tertiary/aromatic N) is 1. The van der Waals surface area contributed by atoms with Crippen LogP contribution in [0.1, 0.15) is 40.5 Å². The number of piperidine rings is 1. The van der Waals surface area contributed by atoms with Crippen LogP contribution in [0.3, 0.4) is 0 Å². The van der Waals surface area contributed by atoms with Gasteiger partial charge in [-0.05, 0) is 60.7 Å². The van der Waals surface area contributed by atoms with E-state index < -0.39 is 0 Å². The molecule has 0 spiro atoms. The van der Waals surface area contributed by atoms with E-state index in [0.717, 1.165) is 0 Å². The summed E-state index contributed by atoms with van der Waals surface area (Å²) < 4.78 is 0. The molecule has 1 fully saturated rings. The zero-order valence-electron chi connectivity index (χ0n) is 9.78. The third kappa shape index (κ3) is 3.65. The minimum absolute atomic E-state index is 0.241. The molecule has 1 saturated heterocycles. The minimum atomic E-state index is 0.241. The van der Waals surface area contributed by atoms with Crippen molar-refractivity contribution in [3.05, 3.63) is 0 Å². The molecule has 0 aliphatic carbocycles. The molecule has 1 aliphatic rings. The van der Waals surface area contributed by atoms with Gasteiger partial charge in [-0.15, -0.1) is 0 Å². The first-order chi connectivity index (χ1) is 5.81. The smallest absolute Gasteiger partial charge is 0.0182 e. The van der Waals surface area contributed by atoms with Gasteiger partial charge in [-0.1, -0.05) is 0 Å². The largest absolute Gasteiger partial charge is 0.307 e. The van der Waals surface area contributed by atoms with E-state index in [1.54, 1.807) is 0 Å². The molecule has 0 saturated carbocycles. The number of rotatable bonds is 1. The SMILES string of the molecule is CN1CCC(C)(NC(C)(C)C)CC1. The van der Waals surface area contributed by atoms with Gasteiger partial charge in [0.15, 0.2) is 0 Å². The van der Waals surface area contributed by atoms with Crippen LogP contribution in [0.15, 0.2) is 0 Å². The highest BCUT2D eigenvalue weighted by Crippen LogP contribution is 2.23. The fraction of sp³-hybridized carbons (Fsp3) is 1.00. The molecule has 0 aromatic rings. The van der Waals surface area contributed by atoms with Crippen LogP contribution in [0.2, 0.25) is 0 Å². The van der Waals surface area contributed by atoms with Gasteiger partial charge in [-0.3, -0.25) is 0 Å². The Labute approximate surface area is 82.7 Å². The van der Waals surface area contributed by atoms with Crippen molar-refractivity contribution < 1.29 is 0 Å². The van der Waals surface area contributed by atoms with Crippen LogP contribution in [0.4, 0.5) is 0 Å². The molecule has 1 aliphatic heterocycles. The third-order valence-corrected chi connectivity index (χ3v) is 2.77. The van der Waals surface area contributed by atoms with Crippen molar-refractivity contribution in [1.29, 1.82) is 0 Å². The zero-order chi connectivity index (χ0) is 10.1. The average molecular weight is 184 g/mol. The monoisotopic (exact) mass is 184 g/mol. The normalized spacial score (nSPS) is 24.7. The van der Waals surface area contributed by atoms with E-state index in [2.05, 4.69) is 45.0 Å². The topological polar surface area (TPSA) is 15.3 Å². The second kappa shape index (κ2) is 3.58. The Morgan fingerprint density at radius 2 is 1.62 bits per heavy atom. The molecule has 1 heterocycles. The molecule has 78 valence electrons. The van der Waals surface area contributed by atoms with Crippen molar-refractivity contribution >= 4 is 0 Å². The maximum absolute atomic E-state index is 3.73. The lowest BCUT2D eigenvalue weighted by Crippen LogP contribution is -2.56. The van der Waals surface area contributed by atoms with E-state index >= 15 is 0 Å². The Balaban J connectivity index is 2.48. The number of nitrogens with one attached hydrogen (secondary N) is 1. The summed E-state index contributed by atoms with van der Waals surface area (Å²) >= 11 is 0. The number of likely N-dealkylation sites (tertiary alicyclic amines) is 1. The molecule has 2 nitrogen and oxygen atoms in total. The lowest BCUT2D eigenvalue weighted by atomic mass is 9.87. The summed E-state index contributed by atoms with van der Waals surface area (Å²) in [5.41, 5.74) is 0.593. The quantitative estimate of drug-likeness (QED) is 0.669. The Hall–Kier alpha value is -0.0800. The Kier molecular flexibility index (Phi) is 3.03. The lowest BCUT2D eigenvalue weighted by Gasteiger charge is -2.43. The lowest BCUT2D eigenvalue weighted by molar-refractivity contribution is 0.142. The summed E-state index contributed by atoms with van der Waals surface area (Å²) in [6, 6.07) is 0. The van der Waals surface area contributed by atoms with Crippen molar-refractivity contribution in [2.75, 3.05) is 20.1 Å². The highest BCUT2D eigenvalue weighted by molar-refractivity contribution is 4.92. The van der Waals surface area contributed by atoms with Gasteiger partial charge in [0.1, 0.15) is 0 Å². The predicted molar refractivity (Wildman–Crippen MR) is 58.0 cm³/mol. The van der Waals surface area contributed by atoms with Gasteiger partial charge in [0.2, 0.25) is 0 Å². The first kappa shape index (κ1) is 11.0. The number of hydrogen-bond acceptors (Lipinski definition) is 2. The molecule has 2 heteroatoms. The molecule has 0 aromatic carbocycles. The second-order valence-corrected chi connectivity index (χ2v) is 5.74. The van der Waals surface area contributed by atoms with Gasteiger partial charge in [-0.25, -0.2) is 0 Å².